The van der Waals surface area contributed by atoms with Gasteiger partial charge in [-0.1, -0.05) is 41.0 Å². The van der Waals surface area contributed by atoms with Crippen molar-refractivity contribution in [2.75, 3.05) is 18.8 Å². The van der Waals surface area contributed by atoms with Gasteiger partial charge in [0.2, 0.25) is 11.8 Å². The van der Waals surface area contributed by atoms with Gasteiger partial charge in [0, 0.05) is 25.6 Å². The van der Waals surface area contributed by atoms with Crippen molar-refractivity contribution < 1.29 is 14.4 Å². The molecule has 1 aromatic rings. The fourth-order valence-corrected chi connectivity index (χ4v) is 4.29. The summed E-state index contributed by atoms with van der Waals surface area (Å²) in [5, 5.41) is 0.836. The summed E-state index contributed by atoms with van der Waals surface area (Å²) >= 11 is 12.9. The number of likely N-dealkylation sites (tertiary alicyclic amines) is 1. The highest BCUT2D eigenvalue weighted by atomic mass is 35.5. The van der Waals surface area contributed by atoms with E-state index in [2.05, 4.69) is 0 Å². The SMILES string of the molecule is O=C(CCc1ccc(Cl)c(Cl)c1)N1CCC(N2C(=O)CSC2=O)CC1. The average Bonchev–Trinajstić information content (AvgIpc) is 2.94. The number of thioether (sulfide) groups is 1. The van der Waals surface area contributed by atoms with E-state index in [0.29, 0.717) is 48.8 Å². The van der Waals surface area contributed by atoms with Crippen molar-refractivity contribution in [1.29, 1.82) is 0 Å². The van der Waals surface area contributed by atoms with Crippen LogP contribution >= 0.6 is 35.0 Å². The van der Waals surface area contributed by atoms with E-state index in [-0.39, 0.29) is 28.8 Å². The van der Waals surface area contributed by atoms with Gasteiger partial charge in [0.25, 0.3) is 5.24 Å². The van der Waals surface area contributed by atoms with Gasteiger partial charge in [0.05, 0.1) is 15.8 Å². The summed E-state index contributed by atoms with van der Waals surface area (Å²) in [5.74, 6) is 0.208. The highest BCUT2D eigenvalue weighted by molar-refractivity contribution is 8.14. The second kappa shape index (κ2) is 7.98. The zero-order valence-electron chi connectivity index (χ0n) is 13.5. The van der Waals surface area contributed by atoms with Gasteiger partial charge >= 0.3 is 0 Å². The number of hydrogen-bond acceptors (Lipinski definition) is 4. The van der Waals surface area contributed by atoms with Crippen molar-refractivity contribution in [3.63, 3.8) is 0 Å². The van der Waals surface area contributed by atoms with E-state index in [9.17, 15) is 14.4 Å². The van der Waals surface area contributed by atoms with Gasteiger partial charge in [-0.05, 0) is 37.0 Å². The molecule has 0 saturated carbocycles. The highest BCUT2D eigenvalue weighted by Gasteiger charge is 2.37. The maximum absolute atomic E-state index is 12.4. The first-order chi connectivity index (χ1) is 12.0. The minimum absolute atomic E-state index is 0.0749. The number of carbonyl (C=O) groups is 3. The molecule has 8 heteroatoms. The fraction of sp³-hybridized carbons (Fsp3) is 0.471. The lowest BCUT2D eigenvalue weighted by Crippen LogP contribution is -2.48. The van der Waals surface area contributed by atoms with Gasteiger partial charge in [-0.15, -0.1) is 0 Å². The number of amides is 3. The molecule has 0 bridgehead atoms. The number of carbonyl (C=O) groups excluding carboxylic acids is 3. The van der Waals surface area contributed by atoms with E-state index < -0.39 is 0 Å². The molecule has 2 heterocycles. The maximum Gasteiger partial charge on any atom is 0.289 e. The third-order valence-electron chi connectivity index (χ3n) is 4.58. The zero-order chi connectivity index (χ0) is 18.0. The quantitative estimate of drug-likeness (QED) is 0.774. The smallest absolute Gasteiger partial charge is 0.289 e. The van der Waals surface area contributed by atoms with Crippen LogP contribution in [0.1, 0.15) is 24.8 Å². The molecule has 0 atom stereocenters. The molecule has 2 aliphatic rings. The van der Waals surface area contributed by atoms with Crippen LogP contribution in [0.2, 0.25) is 10.0 Å². The van der Waals surface area contributed by atoms with Crippen LogP contribution in [0, 0.1) is 0 Å². The summed E-state index contributed by atoms with van der Waals surface area (Å²) in [6.07, 6.45) is 2.31. The van der Waals surface area contributed by atoms with Crippen molar-refractivity contribution in [3.8, 4) is 0 Å². The Bertz CT molecular complexity index is 689. The van der Waals surface area contributed by atoms with E-state index in [1.165, 1.54) is 4.90 Å². The van der Waals surface area contributed by atoms with Crippen LogP contribution in [0.4, 0.5) is 4.79 Å². The van der Waals surface area contributed by atoms with Gasteiger partial charge in [-0.3, -0.25) is 19.3 Å². The maximum atomic E-state index is 12.4. The van der Waals surface area contributed by atoms with Gasteiger partial charge in [-0.2, -0.15) is 0 Å². The molecular formula is C17H18Cl2N2O3S. The molecule has 1 aromatic carbocycles. The molecule has 3 rings (SSSR count). The summed E-state index contributed by atoms with van der Waals surface area (Å²) < 4.78 is 0. The summed E-state index contributed by atoms with van der Waals surface area (Å²) in [5.41, 5.74) is 0.975. The van der Waals surface area contributed by atoms with Crippen molar-refractivity contribution >= 4 is 52.0 Å². The number of halogens is 2. The van der Waals surface area contributed by atoms with Crippen molar-refractivity contribution in [2.45, 2.75) is 31.7 Å². The molecule has 2 fully saturated rings. The van der Waals surface area contributed by atoms with Crippen LogP contribution in [0.15, 0.2) is 18.2 Å². The lowest BCUT2D eigenvalue weighted by atomic mass is 10.0. The number of nitrogens with zero attached hydrogens (tertiary/aromatic N) is 2. The van der Waals surface area contributed by atoms with Crippen LogP contribution < -0.4 is 0 Å². The van der Waals surface area contributed by atoms with Crippen molar-refractivity contribution in [2.24, 2.45) is 0 Å². The van der Waals surface area contributed by atoms with Crippen molar-refractivity contribution in [3.05, 3.63) is 33.8 Å². The summed E-state index contributed by atoms with van der Waals surface area (Å²) in [6.45, 7) is 1.15. The summed E-state index contributed by atoms with van der Waals surface area (Å²) in [4.78, 5) is 39.2. The van der Waals surface area contributed by atoms with Crippen LogP contribution in [-0.4, -0.2) is 51.7 Å². The third kappa shape index (κ3) is 4.30. The van der Waals surface area contributed by atoms with Crippen LogP contribution in [-0.2, 0) is 16.0 Å². The van der Waals surface area contributed by atoms with Gasteiger partial charge < -0.3 is 4.90 Å². The van der Waals surface area contributed by atoms with E-state index in [4.69, 9.17) is 23.2 Å². The highest BCUT2D eigenvalue weighted by Crippen LogP contribution is 2.27. The summed E-state index contributed by atoms with van der Waals surface area (Å²) in [7, 11) is 0. The molecule has 0 unspecified atom stereocenters. The number of benzene rings is 1. The van der Waals surface area contributed by atoms with Crippen LogP contribution in [0.3, 0.4) is 0 Å². The lowest BCUT2D eigenvalue weighted by Gasteiger charge is -2.35. The normalized spacial score (nSPS) is 19.0. The van der Waals surface area contributed by atoms with Gasteiger partial charge in [0.15, 0.2) is 0 Å². The molecule has 25 heavy (non-hydrogen) atoms. The molecular weight excluding hydrogens is 383 g/mol. The predicted octanol–water partition coefficient (Wildman–Crippen LogP) is 3.61. The van der Waals surface area contributed by atoms with E-state index in [0.717, 1.165) is 17.3 Å². The Kier molecular flexibility index (Phi) is 5.92. The molecule has 0 radical (unpaired) electrons. The predicted molar refractivity (Wildman–Crippen MR) is 99.1 cm³/mol. The van der Waals surface area contributed by atoms with E-state index >= 15 is 0 Å². The Labute approximate surface area is 160 Å². The molecule has 0 aliphatic carbocycles. The Morgan fingerprint density at radius 2 is 1.88 bits per heavy atom. The van der Waals surface area contributed by atoms with Crippen LogP contribution in [0.5, 0.6) is 0 Å². The molecule has 2 saturated heterocycles. The first kappa shape index (κ1) is 18.5. The number of imide groups is 1. The van der Waals surface area contributed by atoms with E-state index in [1.807, 2.05) is 11.0 Å². The molecule has 2 aliphatic heterocycles. The Balaban J connectivity index is 1.49. The minimum Gasteiger partial charge on any atom is -0.343 e. The molecule has 5 nitrogen and oxygen atoms in total. The monoisotopic (exact) mass is 400 g/mol. The Morgan fingerprint density at radius 3 is 2.48 bits per heavy atom. The Morgan fingerprint density at radius 1 is 1.16 bits per heavy atom. The number of piperidine rings is 1. The lowest BCUT2D eigenvalue weighted by molar-refractivity contribution is -0.133. The number of rotatable bonds is 4. The van der Waals surface area contributed by atoms with Crippen LogP contribution in [0.25, 0.3) is 0 Å². The Hall–Kier alpha value is -1.24. The second-order valence-corrected chi connectivity index (χ2v) is 7.92. The molecule has 3 amide bonds. The molecule has 134 valence electrons. The van der Waals surface area contributed by atoms with E-state index in [1.54, 1.807) is 12.1 Å². The third-order valence-corrected chi connectivity index (χ3v) is 6.15. The zero-order valence-corrected chi connectivity index (χ0v) is 15.9. The number of aryl methyl sites for hydroxylation is 1. The second-order valence-electron chi connectivity index (χ2n) is 6.18. The fourth-order valence-electron chi connectivity index (χ4n) is 3.20. The molecule has 0 N–H and O–H groups in total. The van der Waals surface area contributed by atoms with Crippen molar-refractivity contribution in [1.82, 2.24) is 9.80 Å². The molecule has 0 aromatic heterocycles. The molecule has 0 spiro atoms. The standard InChI is InChI=1S/C17H18Cl2N2O3S/c18-13-3-1-11(9-14(13)19)2-4-15(22)20-7-5-12(6-8-20)21-16(23)10-25-17(21)24/h1,3,9,12H,2,4-8,10H2. The van der Waals surface area contributed by atoms with Gasteiger partial charge in [0.1, 0.15) is 0 Å². The largest absolute Gasteiger partial charge is 0.343 e. The summed E-state index contributed by atoms with van der Waals surface area (Å²) in [6, 6.07) is 5.31. The first-order valence-electron chi connectivity index (χ1n) is 8.16. The number of hydrogen-bond donors (Lipinski definition) is 0. The van der Waals surface area contributed by atoms with Gasteiger partial charge in [-0.25, -0.2) is 0 Å². The average molecular weight is 401 g/mol. The topological polar surface area (TPSA) is 57.7 Å². The first-order valence-corrected chi connectivity index (χ1v) is 9.90. The minimum atomic E-state index is -0.158.